The number of hydrogen-bond donors (Lipinski definition) is 2. The Morgan fingerprint density at radius 2 is 0.698 bits per heavy atom. The van der Waals surface area contributed by atoms with E-state index in [2.05, 4.69) is 0 Å². The van der Waals surface area contributed by atoms with E-state index in [1.165, 1.54) is 0 Å². The summed E-state index contributed by atoms with van der Waals surface area (Å²) in [6.45, 7) is 0. The summed E-state index contributed by atoms with van der Waals surface area (Å²) in [6.07, 6.45) is 0. The molecule has 6 aromatic carbocycles. The number of para-hydroxylation sites is 4. The Bertz CT molecular complexity index is 1760. The van der Waals surface area contributed by atoms with Crippen LogP contribution in [0.1, 0.15) is 22.3 Å². The fourth-order valence-electron chi connectivity index (χ4n) is 4.94. The van der Waals surface area contributed by atoms with Crippen LogP contribution in [0.25, 0.3) is 11.1 Å². The van der Waals surface area contributed by atoms with Crippen LogP contribution < -0.4 is 0 Å². The van der Waals surface area contributed by atoms with Crippen LogP contribution in [0.4, 0.5) is 11.4 Å². The van der Waals surface area contributed by atoms with Crippen LogP contribution in [-0.4, -0.2) is 21.6 Å². The minimum absolute atomic E-state index is 0. The van der Waals surface area contributed by atoms with Gasteiger partial charge in [0.25, 0.3) is 0 Å². The third kappa shape index (κ3) is 6.53. The van der Waals surface area contributed by atoms with Gasteiger partial charge in [0.2, 0.25) is 0 Å². The molecule has 6 rings (SSSR count). The molecule has 5 heteroatoms. The molecule has 0 heterocycles. The van der Waals surface area contributed by atoms with Crippen LogP contribution in [0.15, 0.2) is 168 Å². The van der Waals surface area contributed by atoms with Gasteiger partial charge in [-0.25, -0.2) is 9.98 Å². The molecule has 0 aliphatic carbocycles. The van der Waals surface area contributed by atoms with E-state index < -0.39 is 0 Å². The van der Waals surface area contributed by atoms with Gasteiger partial charge in [0, 0.05) is 52.9 Å². The van der Waals surface area contributed by atoms with Crippen molar-refractivity contribution in [3.8, 4) is 22.6 Å². The van der Waals surface area contributed by atoms with Crippen molar-refractivity contribution >= 4 is 22.8 Å². The van der Waals surface area contributed by atoms with E-state index in [0.717, 1.165) is 33.6 Å². The van der Waals surface area contributed by atoms with Crippen LogP contribution in [0.3, 0.4) is 0 Å². The van der Waals surface area contributed by atoms with Gasteiger partial charge in [-0.2, -0.15) is 0 Å². The first-order valence-corrected chi connectivity index (χ1v) is 13.7. The van der Waals surface area contributed by atoms with Gasteiger partial charge >= 0.3 is 0 Å². The molecule has 0 amide bonds. The number of rotatable bonds is 7. The topological polar surface area (TPSA) is 65.2 Å². The fraction of sp³-hybridized carbons (Fsp3) is 0. The molecule has 6 aromatic rings. The molecule has 43 heavy (non-hydrogen) atoms. The minimum atomic E-state index is 0. The summed E-state index contributed by atoms with van der Waals surface area (Å²) in [7, 11) is 0. The molecular weight excluding hydrogens is 582 g/mol. The summed E-state index contributed by atoms with van der Waals surface area (Å²) >= 11 is 0. The van der Waals surface area contributed by atoms with Crippen molar-refractivity contribution in [3.05, 3.63) is 180 Å². The molecule has 0 unspecified atom stereocenters. The van der Waals surface area contributed by atoms with Gasteiger partial charge in [-0.15, -0.1) is 0 Å². The maximum atomic E-state index is 10.8. The summed E-state index contributed by atoms with van der Waals surface area (Å²) in [6, 6.07) is 50.1. The first-order valence-electron chi connectivity index (χ1n) is 13.7. The summed E-state index contributed by atoms with van der Waals surface area (Å²) < 4.78 is 0. The van der Waals surface area contributed by atoms with Crippen LogP contribution in [0, 0.1) is 0 Å². The molecule has 0 aromatic heterocycles. The molecule has 0 aliphatic heterocycles. The summed E-state index contributed by atoms with van der Waals surface area (Å²) in [4.78, 5) is 10.3. The maximum absolute atomic E-state index is 10.8. The second-order valence-electron chi connectivity index (χ2n) is 9.72. The van der Waals surface area contributed by atoms with E-state index >= 15 is 0 Å². The molecule has 0 bridgehead atoms. The number of aliphatic imine (C=N–C) groups is 2. The second-order valence-corrected chi connectivity index (χ2v) is 9.72. The second kappa shape index (κ2) is 13.7. The Labute approximate surface area is 264 Å². The standard InChI is InChI=1S/C38H28N2O2.Zn/c41-35-25-13-9-21-31(35)37(27-15-3-1-4-16-27)39-33-23-11-7-19-29(33)30-20-8-12-24-34(30)40-38(28-17-5-2-6-18-28)32-22-10-14-26-36(32)42;/h1-26,41-42H;. The quantitative estimate of drug-likeness (QED) is 0.140. The van der Waals surface area contributed by atoms with E-state index in [9.17, 15) is 10.2 Å². The Morgan fingerprint density at radius 3 is 1.09 bits per heavy atom. The normalized spacial score (nSPS) is 11.5. The monoisotopic (exact) mass is 608 g/mol. The van der Waals surface area contributed by atoms with Crippen molar-refractivity contribution in [2.24, 2.45) is 9.98 Å². The number of nitrogens with zero attached hydrogens (tertiary/aromatic N) is 2. The van der Waals surface area contributed by atoms with E-state index in [0.29, 0.717) is 22.6 Å². The summed E-state index contributed by atoms with van der Waals surface area (Å²) in [5.74, 6) is 0.329. The van der Waals surface area contributed by atoms with Gasteiger partial charge < -0.3 is 10.2 Å². The largest absolute Gasteiger partial charge is 0.507 e. The number of aromatic hydroxyl groups is 2. The van der Waals surface area contributed by atoms with Crippen molar-refractivity contribution in [3.63, 3.8) is 0 Å². The molecule has 204 valence electrons. The Morgan fingerprint density at radius 1 is 0.372 bits per heavy atom. The first kappa shape index (κ1) is 29.4. The zero-order valence-corrected chi connectivity index (χ0v) is 26.5. The SMILES string of the molecule is Oc1ccccc1C(=Nc1ccccc1-c1ccccc1N=C(c1ccccc1)c1ccccc1O)c1ccccc1.[Zn]. The molecule has 0 saturated heterocycles. The average molecular weight is 610 g/mol. The first-order chi connectivity index (χ1) is 20.7. The molecule has 2 N–H and O–H groups in total. The fourth-order valence-corrected chi connectivity index (χ4v) is 4.94. The van der Waals surface area contributed by atoms with Gasteiger partial charge in [0.1, 0.15) is 11.5 Å². The van der Waals surface area contributed by atoms with Crippen LogP contribution in [0.2, 0.25) is 0 Å². The van der Waals surface area contributed by atoms with Gasteiger partial charge in [-0.1, -0.05) is 121 Å². The van der Waals surface area contributed by atoms with Crippen molar-refractivity contribution in [2.45, 2.75) is 0 Å². The Hall–Kier alpha value is -5.12. The number of phenolic OH excluding ortho intramolecular Hbond substituents is 2. The zero-order valence-electron chi connectivity index (χ0n) is 23.5. The third-order valence-electron chi connectivity index (χ3n) is 6.98. The van der Waals surface area contributed by atoms with E-state index in [1.807, 2.05) is 133 Å². The molecule has 0 fully saturated rings. The predicted octanol–water partition coefficient (Wildman–Crippen LogP) is 9.10. The number of phenols is 2. The minimum Gasteiger partial charge on any atom is -0.507 e. The van der Waals surface area contributed by atoms with Gasteiger partial charge in [-0.05, 0) is 36.4 Å². The van der Waals surface area contributed by atoms with Crippen LogP contribution >= 0.6 is 0 Å². The molecule has 0 atom stereocenters. The van der Waals surface area contributed by atoms with Crippen LogP contribution in [-0.2, 0) is 19.5 Å². The van der Waals surface area contributed by atoms with Gasteiger partial charge in [-0.3, -0.25) is 0 Å². The molecule has 0 spiro atoms. The zero-order chi connectivity index (χ0) is 28.7. The molecule has 0 radical (unpaired) electrons. The maximum Gasteiger partial charge on any atom is 0.124 e. The van der Waals surface area contributed by atoms with E-state index in [1.54, 1.807) is 24.3 Å². The third-order valence-corrected chi connectivity index (χ3v) is 6.98. The smallest absolute Gasteiger partial charge is 0.124 e. The van der Waals surface area contributed by atoms with Crippen molar-refractivity contribution < 1.29 is 29.7 Å². The number of hydrogen-bond acceptors (Lipinski definition) is 4. The van der Waals surface area contributed by atoms with E-state index in [-0.39, 0.29) is 31.0 Å². The Balaban J connectivity index is 0.00000368. The van der Waals surface area contributed by atoms with Crippen LogP contribution in [0.5, 0.6) is 11.5 Å². The molecular formula is C38H28N2O2Zn. The molecule has 4 nitrogen and oxygen atoms in total. The Kier molecular flexibility index (Phi) is 9.36. The predicted molar refractivity (Wildman–Crippen MR) is 172 cm³/mol. The average Bonchev–Trinajstić information content (AvgIpc) is 3.05. The van der Waals surface area contributed by atoms with Crippen molar-refractivity contribution in [1.29, 1.82) is 0 Å². The molecule has 0 saturated carbocycles. The van der Waals surface area contributed by atoms with Crippen molar-refractivity contribution in [2.75, 3.05) is 0 Å². The summed E-state index contributed by atoms with van der Waals surface area (Å²) in [5.41, 5.74) is 7.69. The number of benzene rings is 6. The van der Waals surface area contributed by atoms with Gasteiger partial charge in [0.05, 0.1) is 22.8 Å². The van der Waals surface area contributed by atoms with Crippen molar-refractivity contribution in [1.82, 2.24) is 0 Å². The van der Waals surface area contributed by atoms with E-state index in [4.69, 9.17) is 9.98 Å². The summed E-state index contributed by atoms with van der Waals surface area (Å²) in [5, 5.41) is 21.5. The van der Waals surface area contributed by atoms with Gasteiger partial charge in [0.15, 0.2) is 0 Å². The molecule has 0 aliphatic rings.